The van der Waals surface area contributed by atoms with Gasteiger partial charge in [0.25, 0.3) is 0 Å². The molecular weight excluding hydrogens is 385 g/mol. The lowest BCUT2D eigenvalue weighted by Gasteiger charge is -2.01. The Bertz CT molecular complexity index is 1200. The molecule has 7 heteroatoms. The summed E-state index contributed by atoms with van der Waals surface area (Å²) >= 11 is 1.48. The van der Waals surface area contributed by atoms with E-state index in [9.17, 15) is 18.0 Å². The molecule has 0 bridgehead atoms. The smallest absolute Gasteiger partial charge is 0.194 e. The van der Waals surface area contributed by atoms with Gasteiger partial charge in [-0.25, -0.2) is 18.2 Å². The topological polar surface area (TPSA) is 34.4 Å². The van der Waals surface area contributed by atoms with Gasteiger partial charge in [0, 0.05) is 28.3 Å². The van der Waals surface area contributed by atoms with Gasteiger partial charge in [-0.05, 0) is 55.5 Å². The molecule has 140 valence electrons. The van der Waals surface area contributed by atoms with Crippen molar-refractivity contribution in [3.05, 3.63) is 88.3 Å². The SMILES string of the molecule is Cc1cn2c(/C=C/C(=O)c3cc(F)cc(F)c3)c(-c3ccc(F)cc3)nc2s1. The van der Waals surface area contributed by atoms with E-state index in [0.29, 0.717) is 23.0 Å². The van der Waals surface area contributed by atoms with Gasteiger partial charge >= 0.3 is 0 Å². The Balaban J connectivity index is 1.78. The molecule has 3 nitrogen and oxygen atoms in total. The Labute approximate surface area is 162 Å². The largest absolute Gasteiger partial charge is 0.290 e. The second-order valence-corrected chi connectivity index (χ2v) is 7.42. The van der Waals surface area contributed by atoms with Crippen molar-refractivity contribution in [1.29, 1.82) is 0 Å². The van der Waals surface area contributed by atoms with E-state index < -0.39 is 17.4 Å². The molecule has 28 heavy (non-hydrogen) atoms. The normalized spacial score (nSPS) is 11.6. The van der Waals surface area contributed by atoms with Gasteiger partial charge in [-0.3, -0.25) is 9.20 Å². The Morgan fingerprint density at radius 2 is 1.71 bits per heavy atom. The zero-order chi connectivity index (χ0) is 19.8. The minimum Gasteiger partial charge on any atom is -0.290 e. The summed E-state index contributed by atoms with van der Waals surface area (Å²) in [5.74, 6) is -2.53. The number of aryl methyl sites for hydroxylation is 1. The predicted octanol–water partition coefficient (Wildman–Crippen LogP) is 5.68. The maximum atomic E-state index is 13.4. The first kappa shape index (κ1) is 18.2. The molecule has 0 unspecified atom stereocenters. The average Bonchev–Trinajstić information content (AvgIpc) is 3.15. The van der Waals surface area contributed by atoms with Gasteiger partial charge in [0.15, 0.2) is 10.7 Å². The van der Waals surface area contributed by atoms with Crippen LogP contribution >= 0.6 is 11.3 Å². The number of hydrogen-bond donors (Lipinski definition) is 0. The van der Waals surface area contributed by atoms with Gasteiger partial charge in [0.05, 0.1) is 11.4 Å². The molecular formula is C21H13F3N2OS. The first-order chi connectivity index (χ1) is 13.4. The van der Waals surface area contributed by atoms with Crippen LogP contribution in [0.25, 0.3) is 22.3 Å². The third-order valence-electron chi connectivity index (χ3n) is 4.14. The number of benzene rings is 2. The number of imidazole rings is 1. The number of thiazole rings is 1. The molecule has 2 heterocycles. The fourth-order valence-electron chi connectivity index (χ4n) is 2.90. The first-order valence-electron chi connectivity index (χ1n) is 8.33. The Kier molecular flexibility index (Phi) is 4.60. The van der Waals surface area contributed by atoms with Gasteiger partial charge < -0.3 is 0 Å². The quantitative estimate of drug-likeness (QED) is 0.327. The molecule has 0 spiro atoms. The minimum atomic E-state index is -0.816. The number of carbonyl (C=O) groups is 1. The highest BCUT2D eigenvalue weighted by Crippen LogP contribution is 2.29. The Morgan fingerprint density at radius 1 is 1.04 bits per heavy atom. The van der Waals surface area contributed by atoms with E-state index in [-0.39, 0.29) is 11.4 Å². The molecule has 0 atom stereocenters. The molecule has 0 radical (unpaired) electrons. The molecule has 4 rings (SSSR count). The fourth-order valence-corrected chi connectivity index (χ4v) is 3.73. The summed E-state index contributed by atoms with van der Waals surface area (Å²) in [6.45, 7) is 1.94. The van der Waals surface area contributed by atoms with Crippen molar-refractivity contribution in [2.45, 2.75) is 6.92 Å². The third kappa shape index (κ3) is 3.48. The molecule has 0 aliphatic rings. The van der Waals surface area contributed by atoms with E-state index in [0.717, 1.165) is 22.0 Å². The van der Waals surface area contributed by atoms with Crippen molar-refractivity contribution in [2.75, 3.05) is 0 Å². The molecule has 0 aliphatic heterocycles. The van der Waals surface area contributed by atoms with Crippen LogP contribution in [0.3, 0.4) is 0 Å². The van der Waals surface area contributed by atoms with Crippen LogP contribution < -0.4 is 0 Å². The Hall–Kier alpha value is -3.19. The highest BCUT2D eigenvalue weighted by Gasteiger charge is 2.15. The fraction of sp³-hybridized carbons (Fsp3) is 0.0476. The number of hydrogen-bond acceptors (Lipinski definition) is 3. The Morgan fingerprint density at radius 3 is 2.39 bits per heavy atom. The summed E-state index contributed by atoms with van der Waals surface area (Å²) in [5.41, 5.74) is 1.81. The monoisotopic (exact) mass is 398 g/mol. The summed E-state index contributed by atoms with van der Waals surface area (Å²) in [5, 5.41) is 0. The van der Waals surface area contributed by atoms with E-state index in [2.05, 4.69) is 4.98 Å². The van der Waals surface area contributed by atoms with E-state index in [1.54, 1.807) is 18.2 Å². The number of nitrogens with zero attached hydrogens (tertiary/aromatic N) is 2. The van der Waals surface area contributed by atoms with E-state index in [4.69, 9.17) is 0 Å². The average molecular weight is 398 g/mol. The van der Waals surface area contributed by atoms with Crippen LogP contribution in [0.5, 0.6) is 0 Å². The van der Waals surface area contributed by atoms with Crippen LogP contribution in [0.15, 0.2) is 54.7 Å². The minimum absolute atomic E-state index is 0.0839. The van der Waals surface area contributed by atoms with Crippen molar-refractivity contribution in [1.82, 2.24) is 9.38 Å². The number of rotatable bonds is 4. The lowest BCUT2D eigenvalue weighted by Crippen LogP contribution is -1.97. The zero-order valence-electron chi connectivity index (χ0n) is 14.6. The number of carbonyl (C=O) groups excluding carboxylic acids is 1. The molecule has 0 aliphatic carbocycles. The molecule has 2 aromatic heterocycles. The highest BCUT2D eigenvalue weighted by molar-refractivity contribution is 7.17. The van der Waals surface area contributed by atoms with Gasteiger partial charge in [-0.15, -0.1) is 11.3 Å². The predicted molar refractivity (Wildman–Crippen MR) is 103 cm³/mol. The molecule has 2 aromatic carbocycles. The number of fused-ring (bicyclic) bond motifs is 1. The van der Waals surface area contributed by atoms with Gasteiger partial charge in [0.2, 0.25) is 0 Å². The van der Waals surface area contributed by atoms with Gasteiger partial charge in [0.1, 0.15) is 17.5 Å². The van der Waals surface area contributed by atoms with Crippen molar-refractivity contribution < 1.29 is 18.0 Å². The van der Waals surface area contributed by atoms with E-state index in [1.165, 1.54) is 29.5 Å². The molecule has 0 saturated carbocycles. The molecule has 0 saturated heterocycles. The molecule has 0 N–H and O–H groups in total. The van der Waals surface area contributed by atoms with E-state index >= 15 is 0 Å². The standard InChI is InChI=1S/C21H13F3N2OS/c1-12-11-26-18(6-7-19(27)14-8-16(23)10-17(24)9-14)20(25-21(26)28-12)13-2-4-15(22)5-3-13/h2-11H,1H3/b7-6+. The number of halogens is 3. The lowest BCUT2D eigenvalue weighted by atomic mass is 10.1. The van der Waals surface area contributed by atoms with Crippen molar-refractivity contribution >= 4 is 28.2 Å². The summed E-state index contributed by atoms with van der Waals surface area (Å²) in [7, 11) is 0. The van der Waals surface area contributed by atoms with Crippen molar-refractivity contribution in [2.24, 2.45) is 0 Å². The van der Waals surface area contributed by atoms with Crippen LogP contribution in [0.4, 0.5) is 13.2 Å². The summed E-state index contributed by atoms with van der Waals surface area (Å²) < 4.78 is 41.8. The first-order valence-corrected chi connectivity index (χ1v) is 9.15. The molecule has 4 aromatic rings. The van der Waals surface area contributed by atoms with Gasteiger partial charge in [-0.2, -0.15) is 0 Å². The zero-order valence-corrected chi connectivity index (χ0v) is 15.4. The number of allylic oxidation sites excluding steroid dienone is 1. The summed E-state index contributed by atoms with van der Waals surface area (Å²) in [6, 6.07) is 8.56. The van der Waals surface area contributed by atoms with Crippen LogP contribution in [0.1, 0.15) is 20.9 Å². The van der Waals surface area contributed by atoms with Crippen LogP contribution in [-0.2, 0) is 0 Å². The molecule has 0 fully saturated rings. The number of ketones is 1. The van der Waals surface area contributed by atoms with Gasteiger partial charge in [-0.1, -0.05) is 0 Å². The molecule has 0 amide bonds. The van der Waals surface area contributed by atoms with Crippen molar-refractivity contribution in [3.63, 3.8) is 0 Å². The van der Waals surface area contributed by atoms with Crippen LogP contribution in [0, 0.1) is 24.4 Å². The summed E-state index contributed by atoms with van der Waals surface area (Å²) in [6.07, 6.45) is 4.68. The van der Waals surface area contributed by atoms with Crippen LogP contribution in [-0.4, -0.2) is 15.2 Å². The second kappa shape index (κ2) is 7.09. The number of aromatic nitrogens is 2. The third-order valence-corrected chi connectivity index (χ3v) is 5.03. The maximum Gasteiger partial charge on any atom is 0.194 e. The lowest BCUT2D eigenvalue weighted by molar-refractivity contribution is 0.104. The second-order valence-electron chi connectivity index (χ2n) is 6.20. The maximum absolute atomic E-state index is 13.4. The highest BCUT2D eigenvalue weighted by atomic mass is 32.1. The van der Waals surface area contributed by atoms with Crippen molar-refractivity contribution in [3.8, 4) is 11.3 Å². The van der Waals surface area contributed by atoms with E-state index in [1.807, 2.05) is 17.5 Å². The van der Waals surface area contributed by atoms with Crippen LogP contribution in [0.2, 0.25) is 0 Å². The summed E-state index contributed by atoms with van der Waals surface area (Å²) in [4.78, 5) is 18.7.